The van der Waals surface area contributed by atoms with Crippen molar-refractivity contribution in [2.45, 2.75) is 57.4 Å². The van der Waals surface area contributed by atoms with Crippen LogP contribution in [-0.2, 0) is 15.6 Å². The van der Waals surface area contributed by atoms with E-state index in [1.165, 1.54) is 18.7 Å². The molecule has 40 heavy (non-hydrogen) atoms. The molecule has 3 heterocycles. The number of amides is 1. The van der Waals surface area contributed by atoms with Crippen molar-refractivity contribution in [1.29, 1.82) is 5.26 Å². The zero-order chi connectivity index (χ0) is 28.1. The van der Waals surface area contributed by atoms with Gasteiger partial charge in [0.2, 0.25) is 5.91 Å². The van der Waals surface area contributed by atoms with Crippen LogP contribution in [0.4, 0.5) is 10.1 Å². The smallest absolute Gasteiger partial charge is 0.224 e. The van der Waals surface area contributed by atoms with Gasteiger partial charge in [-0.2, -0.15) is 10.4 Å². The van der Waals surface area contributed by atoms with E-state index < -0.39 is 16.3 Å². The number of carbonyl (C=O) groups excluding carboxylic acids is 1. The number of nitriles is 1. The summed E-state index contributed by atoms with van der Waals surface area (Å²) in [5.41, 5.74) is 3.71. The third-order valence-corrected chi connectivity index (χ3v) is 9.24. The number of nitrogens with zero attached hydrogens (tertiary/aromatic N) is 5. The van der Waals surface area contributed by atoms with Crippen LogP contribution in [-0.4, -0.2) is 55.0 Å². The SMILES string of the molecule is Cc1c(-c2ccc(N3CCS(=O)CC3)cc2)cnn1-c1ccc(F)cn1.N#CC1(NC(=O)C2CCCCC2)CC1. The Balaban J connectivity index is 0.000000194. The molecule has 1 saturated heterocycles. The fourth-order valence-electron chi connectivity index (χ4n) is 5.26. The summed E-state index contributed by atoms with van der Waals surface area (Å²) >= 11 is 0. The number of carbonyl (C=O) groups is 1. The molecule has 0 atom stereocenters. The predicted octanol–water partition coefficient (Wildman–Crippen LogP) is 4.69. The Labute approximate surface area is 237 Å². The molecule has 1 N–H and O–H groups in total. The highest BCUT2D eigenvalue weighted by Crippen LogP contribution is 2.35. The van der Waals surface area contributed by atoms with Crippen molar-refractivity contribution in [1.82, 2.24) is 20.1 Å². The average molecular weight is 563 g/mol. The van der Waals surface area contributed by atoms with E-state index in [1.54, 1.807) is 16.9 Å². The van der Waals surface area contributed by atoms with Gasteiger partial charge >= 0.3 is 0 Å². The average Bonchev–Trinajstić information content (AvgIpc) is 3.66. The fourth-order valence-corrected chi connectivity index (χ4v) is 6.31. The number of rotatable bonds is 5. The van der Waals surface area contributed by atoms with Crippen molar-refractivity contribution in [2.24, 2.45) is 5.92 Å². The molecule has 3 aliphatic rings. The van der Waals surface area contributed by atoms with Gasteiger partial charge in [-0.15, -0.1) is 0 Å². The van der Waals surface area contributed by atoms with Gasteiger partial charge in [-0.1, -0.05) is 31.4 Å². The summed E-state index contributed by atoms with van der Waals surface area (Å²) in [6, 6.07) is 13.5. The molecule has 0 bridgehead atoms. The van der Waals surface area contributed by atoms with E-state index in [0.29, 0.717) is 5.82 Å². The van der Waals surface area contributed by atoms with Gasteiger partial charge in [0.15, 0.2) is 5.82 Å². The molecule has 3 aromatic rings. The minimum Gasteiger partial charge on any atom is -0.370 e. The number of hydrogen-bond acceptors (Lipinski definition) is 6. The fraction of sp³-hybridized carbons (Fsp3) is 0.467. The van der Waals surface area contributed by atoms with E-state index in [0.717, 1.165) is 85.6 Å². The van der Waals surface area contributed by atoms with Crippen LogP contribution in [0, 0.1) is 30.0 Å². The van der Waals surface area contributed by atoms with E-state index in [2.05, 4.69) is 50.6 Å². The second-order valence-electron chi connectivity index (χ2n) is 10.8. The zero-order valence-corrected chi connectivity index (χ0v) is 23.6. The van der Waals surface area contributed by atoms with E-state index in [-0.39, 0.29) is 17.6 Å². The highest BCUT2D eigenvalue weighted by atomic mass is 32.2. The molecule has 2 saturated carbocycles. The summed E-state index contributed by atoms with van der Waals surface area (Å²) in [5, 5.41) is 16.1. The number of aromatic nitrogens is 3. The highest BCUT2D eigenvalue weighted by Gasteiger charge is 2.45. The maximum absolute atomic E-state index is 13.1. The van der Waals surface area contributed by atoms with Crippen LogP contribution >= 0.6 is 0 Å². The topological polar surface area (TPSA) is 104 Å². The van der Waals surface area contributed by atoms with E-state index in [9.17, 15) is 13.4 Å². The lowest BCUT2D eigenvalue weighted by atomic mass is 9.88. The zero-order valence-electron chi connectivity index (χ0n) is 22.8. The van der Waals surface area contributed by atoms with Gasteiger partial charge in [0.05, 0.1) is 24.2 Å². The second kappa shape index (κ2) is 12.3. The van der Waals surface area contributed by atoms with Crippen molar-refractivity contribution < 1.29 is 13.4 Å². The summed E-state index contributed by atoms with van der Waals surface area (Å²) in [6.45, 7) is 3.64. The van der Waals surface area contributed by atoms with Crippen molar-refractivity contribution in [3.05, 3.63) is 60.3 Å². The van der Waals surface area contributed by atoms with E-state index in [4.69, 9.17) is 5.26 Å². The van der Waals surface area contributed by atoms with Crippen LogP contribution in [0.3, 0.4) is 0 Å². The van der Waals surface area contributed by atoms with Crippen molar-refractivity contribution in [3.8, 4) is 23.0 Å². The Morgan fingerprint density at radius 2 is 1.77 bits per heavy atom. The van der Waals surface area contributed by atoms with Gasteiger partial charge in [0.25, 0.3) is 0 Å². The number of nitrogens with one attached hydrogen (secondary N) is 1. The molecule has 2 aliphatic carbocycles. The lowest BCUT2D eigenvalue weighted by Gasteiger charge is -2.28. The molecule has 6 rings (SSSR count). The molecule has 0 unspecified atom stereocenters. The van der Waals surface area contributed by atoms with Crippen molar-refractivity contribution in [3.63, 3.8) is 0 Å². The Kier molecular flexibility index (Phi) is 8.60. The summed E-state index contributed by atoms with van der Waals surface area (Å²) < 4.78 is 26.3. The summed E-state index contributed by atoms with van der Waals surface area (Å²) in [5.74, 6) is 1.98. The van der Waals surface area contributed by atoms with Crippen LogP contribution in [0.1, 0.15) is 50.6 Å². The van der Waals surface area contributed by atoms with Gasteiger partial charge in [-0.3, -0.25) is 9.00 Å². The third kappa shape index (κ3) is 6.58. The highest BCUT2D eigenvalue weighted by molar-refractivity contribution is 7.85. The molecule has 1 amide bonds. The van der Waals surface area contributed by atoms with Crippen LogP contribution in [0.5, 0.6) is 0 Å². The van der Waals surface area contributed by atoms with Crippen molar-refractivity contribution >= 4 is 22.4 Å². The minimum absolute atomic E-state index is 0.115. The van der Waals surface area contributed by atoms with Gasteiger partial charge in [-0.25, -0.2) is 14.1 Å². The number of benzene rings is 1. The number of hydrogen-bond donors (Lipinski definition) is 1. The maximum atomic E-state index is 13.1. The molecule has 3 fully saturated rings. The van der Waals surface area contributed by atoms with Crippen LogP contribution < -0.4 is 10.2 Å². The summed E-state index contributed by atoms with van der Waals surface area (Å²) in [7, 11) is -0.671. The van der Waals surface area contributed by atoms with Gasteiger partial charge in [-0.05, 0) is 62.4 Å². The maximum Gasteiger partial charge on any atom is 0.224 e. The Hall–Kier alpha value is -3.58. The van der Waals surface area contributed by atoms with Crippen LogP contribution in [0.25, 0.3) is 16.9 Å². The molecule has 210 valence electrons. The molecule has 1 aromatic carbocycles. The lowest BCUT2D eigenvalue weighted by Crippen LogP contribution is -2.40. The number of halogens is 1. The molecule has 1 aliphatic heterocycles. The first-order valence-electron chi connectivity index (χ1n) is 14.0. The first kappa shape index (κ1) is 28.0. The van der Waals surface area contributed by atoms with Crippen molar-refractivity contribution in [2.75, 3.05) is 29.5 Å². The van der Waals surface area contributed by atoms with E-state index in [1.807, 2.05) is 6.92 Å². The largest absolute Gasteiger partial charge is 0.370 e. The first-order valence-corrected chi connectivity index (χ1v) is 15.5. The lowest BCUT2D eigenvalue weighted by molar-refractivity contribution is -0.126. The number of anilines is 1. The monoisotopic (exact) mass is 562 g/mol. The summed E-state index contributed by atoms with van der Waals surface area (Å²) in [4.78, 5) is 18.1. The van der Waals surface area contributed by atoms with Gasteiger partial charge in [0.1, 0.15) is 11.4 Å². The van der Waals surface area contributed by atoms with E-state index >= 15 is 0 Å². The second-order valence-corrected chi connectivity index (χ2v) is 12.5. The van der Waals surface area contributed by atoms with Crippen LogP contribution in [0.2, 0.25) is 0 Å². The Bertz CT molecular complexity index is 1380. The number of pyridine rings is 1. The molecular weight excluding hydrogens is 527 g/mol. The Morgan fingerprint density at radius 3 is 2.38 bits per heavy atom. The first-order chi connectivity index (χ1) is 19.4. The third-order valence-electron chi connectivity index (χ3n) is 7.96. The molecule has 10 heteroatoms. The predicted molar refractivity (Wildman–Crippen MR) is 154 cm³/mol. The Morgan fingerprint density at radius 1 is 1.07 bits per heavy atom. The molecular formula is C30H35FN6O2S. The standard InChI is InChI=1S/C19H19FN4OS.C11H16N2O/c1-14-18(13-22-24(14)19-7-4-16(20)12-21-19)15-2-5-17(6-3-15)23-8-10-26(25)11-9-23;12-8-11(6-7-11)13-10(14)9-4-2-1-3-5-9/h2-7,12-13H,8-11H2,1H3;9H,1-7H2,(H,13,14). The summed E-state index contributed by atoms with van der Waals surface area (Å²) in [6.07, 6.45) is 10.3. The quantitative estimate of drug-likeness (QED) is 0.484. The molecule has 8 nitrogen and oxygen atoms in total. The normalized spacial score (nSPS) is 18.8. The minimum atomic E-state index is -0.671. The van der Waals surface area contributed by atoms with Gasteiger partial charge in [0, 0.05) is 52.6 Å². The van der Waals surface area contributed by atoms with Gasteiger partial charge < -0.3 is 10.2 Å². The molecule has 0 spiro atoms. The van der Waals surface area contributed by atoms with Crippen LogP contribution in [0.15, 0.2) is 48.8 Å². The molecule has 0 radical (unpaired) electrons. The molecule has 2 aromatic heterocycles.